The third kappa shape index (κ3) is 3.67. The van der Waals surface area contributed by atoms with Crippen LogP contribution in [0.5, 0.6) is 0 Å². The predicted molar refractivity (Wildman–Crippen MR) is 93.2 cm³/mol. The molecule has 134 valence electrons. The lowest BCUT2D eigenvalue weighted by Crippen LogP contribution is -2.36. The fraction of sp³-hybridized carbons (Fsp3) is 0.562. The molecule has 1 aliphatic heterocycles. The van der Waals surface area contributed by atoms with E-state index in [0.29, 0.717) is 25.6 Å². The van der Waals surface area contributed by atoms with Crippen LogP contribution in [0.4, 0.5) is 5.95 Å². The van der Waals surface area contributed by atoms with E-state index in [4.69, 9.17) is 0 Å². The van der Waals surface area contributed by atoms with Crippen LogP contribution in [0.15, 0.2) is 30.7 Å². The molecule has 1 aliphatic carbocycles. The van der Waals surface area contributed by atoms with E-state index in [9.17, 15) is 8.42 Å². The van der Waals surface area contributed by atoms with Crippen molar-refractivity contribution in [1.82, 2.24) is 24.1 Å². The first-order chi connectivity index (χ1) is 12.1. The van der Waals surface area contributed by atoms with Crippen LogP contribution in [-0.2, 0) is 23.1 Å². The molecule has 1 N–H and O–H groups in total. The minimum absolute atomic E-state index is 0.182. The van der Waals surface area contributed by atoms with Gasteiger partial charge in [0.1, 0.15) is 0 Å². The molecule has 8 nitrogen and oxygen atoms in total. The molecule has 1 fully saturated rings. The molecule has 25 heavy (non-hydrogen) atoms. The van der Waals surface area contributed by atoms with Gasteiger partial charge in [-0.3, -0.25) is 4.68 Å². The summed E-state index contributed by atoms with van der Waals surface area (Å²) in [7, 11) is -3.20. The van der Waals surface area contributed by atoms with Crippen molar-refractivity contribution in [2.24, 2.45) is 5.92 Å². The van der Waals surface area contributed by atoms with Gasteiger partial charge in [-0.05, 0) is 37.3 Å². The number of sulfonamides is 1. The van der Waals surface area contributed by atoms with E-state index < -0.39 is 10.0 Å². The Balaban J connectivity index is 1.45. The maximum absolute atomic E-state index is 12.7. The number of rotatable bonds is 6. The van der Waals surface area contributed by atoms with E-state index in [-0.39, 0.29) is 11.2 Å². The minimum Gasteiger partial charge on any atom is -0.354 e. The second-order valence-electron chi connectivity index (χ2n) is 6.70. The van der Waals surface area contributed by atoms with Crippen LogP contribution in [0.1, 0.15) is 25.0 Å². The molecule has 1 atom stereocenters. The minimum atomic E-state index is -3.20. The highest BCUT2D eigenvalue weighted by molar-refractivity contribution is 7.90. The second kappa shape index (κ2) is 6.72. The van der Waals surface area contributed by atoms with Crippen molar-refractivity contribution >= 4 is 16.0 Å². The van der Waals surface area contributed by atoms with Gasteiger partial charge in [0.15, 0.2) is 0 Å². The predicted octanol–water partition coefficient (Wildman–Crippen LogP) is 1.10. The van der Waals surface area contributed by atoms with Crippen molar-refractivity contribution in [1.29, 1.82) is 0 Å². The van der Waals surface area contributed by atoms with E-state index in [2.05, 4.69) is 20.4 Å². The van der Waals surface area contributed by atoms with Crippen LogP contribution in [0.25, 0.3) is 0 Å². The number of anilines is 1. The lowest BCUT2D eigenvalue weighted by Gasteiger charge is -2.23. The third-order valence-electron chi connectivity index (χ3n) is 4.74. The highest BCUT2D eigenvalue weighted by atomic mass is 32.2. The van der Waals surface area contributed by atoms with Gasteiger partial charge in [-0.2, -0.15) is 9.40 Å². The van der Waals surface area contributed by atoms with Gasteiger partial charge in [-0.15, -0.1) is 0 Å². The van der Waals surface area contributed by atoms with E-state index in [1.807, 2.05) is 10.7 Å². The van der Waals surface area contributed by atoms with Crippen molar-refractivity contribution in [2.75, 3.05) is 18.4 Å². The quantitative estimate of drug-likeness (QED) is 0.827. The van der Waals surface area contributed by atoms with E-state index in [1.54, 1.807) is 29.0 Å². The van der Waals surface area contributed by atoms with Crippen LogP contribution in [0, 0.1) is 5.92 Å². The third-order valence-corrected chi connectivity index (χ3v) is 7.05. The molecular weight excluding hydrogens is 340 g/mol. The van der Waals surface area contributed by atoms with Crippen molar-refractivity contribution in [3.05, 3.63) is 36.4 Å². The van der Waals surface area contributed by atoms with Crippen LogP contribution in [0.3, 0.4) is 0 Å². The van der Waals surface area contributed by atoms with Gasteiger partial charge >= 0.3 is 0 Å². The van der Waals surface area contributed by atoms with Crippen LogP contribution in [0.2, 0.25) is 0 Å². The molecule has 0 spiro atoms. The zero-order valence-electron chi connectivity index (χ0n) is 14.0. The molecule has 4 rings (SSSR count). The SMILES string of the molecule is O=S(=O)(C1CC1)N1Cc2ccnn2C[C@@H](CCNc2ncccn2)C1. The molecule has 2 aliphatic rings. The molecule has 9 heteroatoms. The summed E-state index contributed by atoms with van der Waals surface area (Å²) in [4.78, 5) is 8.29. The zero-order chi connectivity index (χ0) is 17.3. The molecule has 0 unspecified atom stereocenters. The summed E-state index contributed by atoms with van der Waals surface area (Å²) >= 11 is 0. The molecule has 0 radical (unpaired) electrons. The van der Waals surface area contributed by atoms with Gasteiger partial charge in [0.25, 0.3) is 0 Å². The highest BCUT2D eigenvalue weighted by Crippen LogP contribution is 2.33. The maximum atomic E-state index is 12.7. The summed E-state index contributed by atoms with van der Waals surface area (Å²) in [5.74, 6) is 0.796. The first kappa shape index (κ1) is 16.5. The van der Waals surface area contributed by atoms with Gasteiger partial charge in [0, 0.05) is 38.2 Å². The Labute approximate surface area is 147 Å². The molecule has 0 saturated heterocycles. The monoisotopic (exact) mass is 362 g/mol. The molecule has 2 aromatic rings. The number of hydrogen-bond acceptors (Lipinski definition) is 6. The number of nitrogens with zero attached hydrogens (tertiary/aromatic N) is 5. The molecule has 0 amide bonds. The molecular formula is C16H22N6O2S. The summed E-state index contributed by atoms with van der Waals surface area (Å²) in [5.41, 5.74) is 0.964. The zero-order valence-corrected chi connectivity index (χ0v) is 14.8. The summed E-state index contributed by atoms with van der Waals surface area (Å²) in [5, 5.41) is 7.38. The molecule has 0 aromatic carbocycles. The average molecular weight is 362 g/mol. The van der Waals surface area contributed by atoms with Crippen molar-refractivity contribution in [2.45, 2.75) is 37.6 Å². The number of fused-ring (bicyclic) bond motifs is 1. The normalized spacial score (nSPS) is 21.5. The number of nitrogens with one attached hydrogen (secondary N) is 1. The lowest BCUT2D eigenvalue weighted by atomic mass is 10.1. The smallest absolute Gasteiger partial charge is 0.222 e. The van der Waals surface area contributed by atoms with Crippen molar-refractivity contribution in [3.8, 4) is 0 Å². The summed E-state index contributed by atoms with van der Waals surface area (Å²) in [6, 6.07) is 3.68. The topological polar surface area (TPSA) is 93.0 Å². The van der Waals surface area contributed by atoms with Gasteiger partial charge in [0.2, 0.25) is 16.0 Å². The van der Waals surface area contributed by atoms with Gasteiger partial charge in [-0.25, -0.2) is 18.4 Å². The van der Waals surface area contributed by atoms with Crippen LogP contribution >= 0.6 is 0 Å². The summed E-state index contributed by atoms with van der Waals surface area (Å²) < 4.78 is 29.1. The largest absolute Gasteiger partial charge is 0.354 e. The Morgan fingerprint density at radius 1 is 1.16 bits per heavy atom. The van der Waals surface area contributed by atoms with E-state index in [1.165, 1.54) is 0 Å². The highest BCUT2D eigenvalue weighted by Gasteiger charge is 2.41. The fourth-order valence-electron chi connectivity index (χ4n) is 3.23. The van der Waals surface area contributed by atoms with Crippen molar-refractivity contribution < 1.29 is 8.42 Å². The van der Waals surface area contributed by atoms with Gasteiger partial charge in [-0.1, -0.05) is 0 Å². The van der Waals surface area contributed by atoms with E-state index >= 15 is 0 Å². The Morgan fingerprint density at radius 2 is 1.96 bits per heavy atom. The Hall–Kier alpha value is -2.00. The average Bonchev–Trinajstić information content (AvgIpc) is 3.41. The number of hydrogen-bond donors (Lipinski definition) is 1. The summed E-state index contributed by atoms with van der Waals surface area (Å²) in [6.45, 7) is 2.39. The van der Waals surface area contributed by atoms with Crippen LogP contribution < -0.4 is 5.32 Å². The Bertz CT molecular complexity index is 818. The molecule has 2 aromatic heterocycles. The molecule has 3 heterocycles. The van der Waals surface area contributed by atoms with Gasteiger partial charge in [0.05, 0.1) is 17.5 Å². The maximum Gasteiger partial charge on any atom is 0.222 e. The standard InChI is InChI=1S/C16H22N6O2S/c23-25(24,15-2-3-15)21-10-13(11-22-14(12-21)5-9-20-22)4-8-19-16-17-6-1-7-18-16/h1,5-7,9,13,15H,2-4,8,10-12H2,(H,17,18,19)/t13-/m0/s1. The van der Waals surface area contributed by atoms with E-state index in [0.717, 1.165) is 31.5 Å². The Kier molecular flexibility index (Phi) is 4.43. The first-order valence-corrected chi connectivity index (χ1v) is 10.1. The lowest BCUT2D eigenvalue weighted by molar-refractivity contribution is 0.326. The Morgan fingerprint density at radius 3 is 2.72 bits per heavy atom. The van der Waals surface area contributed by atoms with Crippen LogP contribution in [-0.4, -0.2) is 50.8 Å². The summed E-state index contributed by atoms with van der Waals surface area (Å²) in [6.07, 6.45) is 7.54. The number of aromatic nitrogens is 4. The van der Waals surface area contributed by atoms with Gasteiger partial charge < -0.3 is 5.32 Å². The first-order valence-electron chi connectivity index (χ1n) is 8.63. The fourth-order valence-corrected chi connectivity index (χ4v) is 5.11. The second-order valence-corrected chi connectivity index (χ2v) is 8.91. The molecule has 0 bridgehead atoms. The molecule has 1 saturated carbocycles. The van der Waals surface area contributed by atoms with Crippen molar-refractivity contribution in [3.63, 3.8) is 0 Å².